The van der Waals surface area contributed by atoms with Crippen molar-refractivity contribution in [3.8, 4) is 0 Å². The highest BCUT2D eigenvalue weighted by Gasteiger charge is 2.34. The van der Waals surface area contributed by atoms with E-state index >= 15 is 0 Å². The topological polar surface area (TPSA) is 20.2 Å². The Kier molecular flexibility index (Phi) is 3.09. The Balaban J connectivity index is 4.61. The average Bonchev–Trinajstić information content (AvgIpc) is 1.56. The van der Waals surface area contributed by atoms with Gasteiger partial charge in [-0.1, -0.05) is 31.3 Å². The molecule has 0 aliphatic heterocycles. The summed E-state index contributed by atoms with van der Waals surface area (Å²) in [5.41, 5.74) is 1.19. The lowest BCUT2D eigenvalue weighted by Gasteiger charge is -2.33. The van der Waals surface area contributed by atoms with Crippen LogP contribution in [0, 0.1) is 0 Å². The van der Waals surface area contributed by atoms with Gasteiger partial charge in [0.05, 0.1) is 13.3 Å². The van der Waals surface area contributed by atoms with Crippen LogP contribution in [0.4, 0.5) is 0 Å². The van der Waals surface area contributed by atoms with Gasteiger partial charge in [0.15, 0.2) is 0 Å². The second-order valence-corrected chi connectivity index (χ2v) is 10.1. The molecule has 0 aromatic rings. The summed E-state index contributed by atoms with van der Waals surface area (Å²) >= 11 is 0. The summed E-state index contributed by atoms with van der Waals surface area (Å²) in [5, 5.41) is 9.44. The molecule has 0 amide bonds. The molecule has 0 saturated carbocycles. The Morgan fingerprint density at radius 2 is 1.64 bits per heavy atom. The lowest BCUT2D eigenvalue weighted by molar-refractivity contribution is 0.186. The fourth-order valence-corrected chi connectivity index (χ4v) is 1.50. The van der Waals surface area contributed by atoms with E-state index in [4.69, 9.17) is 0 Å². The molecular formula is C9H20OSi. The van der Waals surface area contributed by atoms with Crippen LogP contribution in [0.1, 0.15) is 20.8 Å². The van der Waals surface area contributed by atoms with Gasteiger partial charge in [0.1, 0.15) is 0 Å². The number of aliphatic hydroxyl groups is 1. The highest BCUT2D eigenvalue weighted by atomic mass is 28.3. The summed E-state index contributed by atoms with van der Waals surface area (Å²) in [7, 11) is -1.47. The number of hydrogen-bond acceptors (Lipinski definition) is 1. The van der Waals surface area contributed by atoms with Crippen molar-refractivity contribution < 1.29 is 5.11 Å². The Hall–Kier alpha value is -0.0831. The average molecular weight is 172 g/mol. The first-order valence-electron chi connectivity index (χ1n) is 4.05. The van der Waals surface area contributed by atoms with Crippen molar-refractivity contribution >= 4 is 8.07 Å². The predicted molar refractivity (Wildman–Crippen MR) is 53.4 cm³/mol. The van der Waals surface area contributed by atoms with E-state index in [-0.39, 0.29) is 0 Å². The number of hydrogen-bond donors (Lipinski definition) is 1. The molecule has 0 aromatic carbocycles. The standard InChI is InChI=1S/C9H20OSi/c1-8(2)7-9(3,10)11(4,5)6/h7,10H,1-6H3. The molecule has 0 aliphatic carbocycles. The maximum Gasteiger partial charge on any atom is 0.0866 e. The molecule has 1 nitrogen and oxygen atoms in total. The second kappa shape index (κ2) is 3.11. The Morgan fingerprint density at radius 3 is 1.73 bits per heavy atom. The molecule has 1 unspecified atom stereocenters. The van der Waals surface area contributed by atoms with E-state index < -0.39 is 13.3 Å². The molecule has 11 heavy (non-hydrogen) atoms. The van der Waals surface area contributed by atoms with Gasteiger partial charge in [-0.3, -0.25) is 0 Å². The maximum atomic E-state index is 10.0. The molecule has 2 heteroatoms. The van der Waals surface area contributed by atoms with Crippen LogP contribution in [-0.2, 0) is 0 Å². The van der Waals surface area contributed by atoms with Gasteiger partial charge in [-0.2, -0.15) is 0 Å². The van der Waals surface area contributed by atoms with Crippen LogP contribution in [-0.4, -0.2) is 18.4 Å². The minimum Gasteiger partial charge on any atom is -0.390 e. The van der Waals surface area contributed by atoms with Crippen LogP contribution < -0.4 is 0 Å². The van der Waals surface area contributed by atoms with Crippen LogP contribution in [0.2, 0.25) is 19.6 Å². The monoisotopic (exact) mass is 172 g/mol. The van der Waals surface area contributed by atoms with Crippen LogP contribution in [0.5, 0.6) is 0 Å². The number of rotatable bonds is 2. The Labute approximate surface area is 71.1 Å². The van der Waals surface area contributed by atoms with Gasteiger partial charge in [-0.05, 0) is 20.8 Å². The first-order chi connectivity index (χ1) is 4.67. The fraction of sp³-hybridized carbons (Fsp3) is 0.778. The minimum atomic E-state index is -1.47. The first-order valence-corrected chi connectivity index (χ1v) is 7.55. The van der Waals surface area contributed by atoms with E-state index in [2.05, 4.69) is 19.6 Å². The van der Waals surface area contributed by atoms with Crippen molar-refractivity contribution in [1.82, 2.24) is 0 Å². The summed E-state index contributed by atoms with van der Waals surface area (Å²) < 4.78 is 0. The molecule has 0 heterocycles. The summed E-state index contributed by atoms with van der Waals surface area (Å²) in [6.45, 7) is 12.5. The minimum absolute atomic E-state index is 0.564. The van der Waals surface area contributed by atoms with Gasteiger partial charge in [0, 0.05) is 0 Å². The van der Waals surface area contributed by atoms with Crippen LogP contribution in [0.25, 0.3) is 0 Å². The summed E-state index contributed by atoms with van der Waals surface area (Å²) in [4.78, 5) is 0. The van der Waals surface area contributed by atoms with Crippen molar-refractivity contribution in [3.05, 3.63) is 11.6 Å². The quantitative estimate of drug-likeness (QED) is 0.501. The molecule has 0 saturated heterocycles. The molecule has 66 valence electrons. The lowest BCUT2D eigenvalue weighted by atomic mass is 10.2. The maximum absolute atomic E-state index is 10.0. The fourth-order valence-electron chi connectivity index (χ4n) is 0.779. The normalized spacial score (nSPS) is 17.4. The van der Waals surface area contributed by atoms with Gasteiger partial charge in [-0.15, -0.1) is 0 Å². The van der Waals surface area contributed by atoms with Crippen LogP contribution in [0.15, 0.2) is 11.6 Å². The Morgan fingerprint density at radius 1 is 1.27 bits per heavy atom. The highest BCUT2D eigenvalue weighted by molar-refractivity contribution is 6.79. The largest absolute Gasteiger partial charge is 0.390 e. The molecule has 0 aromatic heterocycles. The summed E-state index contributed by atoms with van der Waals surface area (Å²) in [5.74, 6) is 0. The second-order valence-electron chi connectivity index (χ2n) is 4.62. The van der Waals surface area contributed by atoms with Crippen molar-refractivity contribution in [2.45, 2.75) is 45.6 Å². The third-order valence-corrected chi connectivity index (χ3v) is 5.27. The third-order valence-electron chi connectivity index (χ3n) is 2.09. The van der Waals surface area contributed by atoms with Crippen molar-refractivity contribution in [1.29, 1.82) is 0 Å². The highest BCUT2D eigenvalue weighted by Crippen LogP contribution is 2.22. The van der Waals surface area contributed by atoms with Crippen molar-refractivity contribution in [2.75, 3.05) is 0 Å². The Bertz CT molecular complexity index is 159. The number of allylic oxidation sites excluding steroid dienone is 1. The van der Waals surface area contributed by atoms with Crippen molar-refractivity contribution in [3.63, 3.8) is 0 Å². The molecule has 0 aliphatic rings. The van der Waals surface area contributed by atoms with E-state index in [1.165, 1.54) is 5.57 Å². The predicted octanol–water partition coefficient (Wildman–Crippen LogP) is 2.58. The van der Waals surface area contributed by atoms with E-state index in [1.54, 1.807) is 0 Å². The molecular weight excluding hydrogens is 152 g/mol. The van der Waals surface area contributed by atoms with Crippen LogP contribution in [0.3, 0.4) is 0 Å². The first kappa shape index (κ1) is 10.9. The van der Waals surface area contributed by atoms with E-state index in [9.17, 15) is 5.11 Å². The molecule has 1 atom stereocenters. The SMILES string of the molecule is CC(C)=CC(C)(O)[Si](C)(C)C. The zero-order valence-corrected chi connectivity index (χ0v) is 9.52. The van der Waals surface area contributed by atoms with Gasteiger partial charge in [-0.25, -0.2) is 0 Å². The zero-order chi connectivity index (χ0) is 9.28. The zero-order valence-electron chi connectivity index (χ0n) is 8.52. The van der Waals surface area contributed by atoms with Gasteiger partial charge in [0.25, 0.3) is 0 Å². The van der Waals surface area contributed by atoms with E-state index in [0.717, 1.165) is 0 Å². The van der Waals surface area contributed by atoms with Gasteiger partial charge < -0.3 is 5.11 Å². The van der Waals surface area contributed by atoms with E-state index in [1.807, 2.05) is 26.8 Å². The smallest absolute Gasteiger partial charge is 0.0866 e. The molecule has 0 radical (unpaired) electrons. The summed E-state index contributed by atoms with van der Waals surface area (Å²) in [6.07, 6.45) is 1.97. The van der Waals surface area contributed by atoms with Gasteiger partial charge >= 0.3 is 0 Å². The third kappa shape index (κ3) is 3.21. The van der Waals surface area contributed by atoms with Crippen molar-refractivity contribution in [2.24, 2.45) is 0 Å². The lowest BCUT2D eigenvalue weighted by Crippen LogP contribution is -2.48. The van der Waals surface area contributed by atoms with Crippen LogP contribution >= 0.6 is 0 Å². The molecule has 1 N–H and O–H groups in total. The van der Waals surface area contributed by atoms with E-state index in [0.29, 0.717) is 0 Å². The van der Waals surface area contributed by atoms with Gasteiger partial charge in [0.2, 0.25) is 0 Å². The molecule has 0 bridgehead atoms. The molecule has 0 fully saturated rings. The molecule has 0 rings (SSSR count). The summed E-state index contributed by atoms with van der Waals surface area (Å²) in [6, 6.07) is 0. The molecule has 0 spiro atoms.